The molecule has 11 nitrogen and oxygen atoms in total. The van der Waals surface area contributed by atoms with Crippen LogP contribution in [0, 0.1) is 0 Å². The van der Waals surface area contributed by atoms with E-state index >= 15 is 0 Å². The fourth-order valence-corrected chi connectivity index (χ4v) is 3.46. The number of aromatic amines is 4. The SMILES string of the molecule is O=P([O-])([O-])OP(=O)([O-])[O-].c1csc[nH+]1.c1csc[nH+]1.c1csc[nH+]1.c1csc[nH+]1. The molecule has 0 aliphatic heterocycles. The highest BCUT2D eigenvalue weighted by Gasteiger charge is 1.92. The summed E-state index contributed by atoms with van der Waals surface area (Å²) in [6.45, 7) is 0. The van der Waals surface area contributed by atoms with Crippen LogP contribution in [0.1, 0.15) is 0 Å². The quantitative estimate of drug-likeness (QED) is 0.301. The predicted octanol–water partition coefficient (Wildman–Crippen LogP) is -1.09. The Bertz CT molecular complexity index is 659. The normalized spacial score (nSPS) is 9.79. The summed E-state index contributed by atoms with van der Waals surface area (Å²) in [6, 6.07) is 0. The molecule has 0 bridgehead atoms. The van der Waals surface area contributed by atoms with Gasteiger partial charge < -0.3 is 33.0 Å². The smallest absolute Gasteiger partial charge is 0.222 e. The summed E-state index contributed by atoms with van der Waals surface area (Å²) in [5.74, 6) is 0. The van der Waals surface area contributed by atoms with Crippen LogP contribution in [-0.4, -0.2) is 0 Å². The zero-order valence-corrected chi connectivity index (χ0v) is 19.4. The van der Waals surface area contributed by atoms with E-state index in [4.69, 9.17) is 0 Å². The minimum atomic E-state index is -5.68. The first-order valence-electron chi connectivity index (χ1n) is 6.99. The second-order valence-corrected chi connectivity index (χ2v) is 9.43. The largest absolute Gasteiger partial charge is 0.790 e. The fraction of sp³-hybridized carbons (Fsp3) is 0. The van der Waals surface area contributed by atoms with E-state index in [9.17, 15) is 28.7 Å². The van der Waals surface area contributed by atoms with Gasteiger partial charge in [0.15, 0.2) is 24.8 Å². The van der Waals surface area contributed by atoms with E-state index in [0.717, 1.165) is 0 Å². The molecule has 4 N–H and O–H groups in total. The predicted molar refractivity (Wildman–Crippen MR) is 99.8 cm³/mol. The highest BCUT2D eigenvalue weighted by molar-refractivity contribution is 7.57. The molecular weight excluding hydrogens is 502 g/mol. The number of rotatable bonds is 2. The van der Waals surface area contributed by atoms with Gasteiger partial charge in [-0.3, -0.25) is 0 Å². The molecule has 0 aliphatic carbocycles. The monoisotopic (exact) mass is 518 g/mol. The fourth-order valence-electron chi connectivity index (χ4n) is 0.908. The molecule has 0 spiro atoms. The van der Waals surface area contributed by atoms with Crippen molar-refractivity contribution < 1.29 is 53.0 Å². The van der Waals surface area contributed by atoms with E-state index < -0.39 is 15.6 Å². The molecule has 0 radical (unpaired) electrons. The Labute approximate surface area is 181 Å². The van der Waals surface area contributed by atoms with Crippen LogP contribution < -0.4 is 39.5 Å². The number of aromatic nitrogens is 4. The molecule has 4 heterocycles. The van der Waals surface area contributed by atoms with Gasteiger partial charge in [0, 0.05) is 0 Å². The highest BCUT2D eigenvalue weighted by atomic mass is 32.1. The van der Waals surface area contributed by atoms with Crippen molar-refractivity contribution >= 4 is 61.0 Å². The first kappa shape index (κ1) is 27.8. The lowest BCUT2D eigenvalue weighted by atomic mass is 11.0. The van der Waals surface area contributed by atoms with Crippen LogP contribution in [0.2, 0.25) is 0 Å². The molecule has 0 fully saturated rings. The lowest BCUT2D eigenvalue weighted by Gasteiger charge is -2.39. The van der Waals surface area contributed by atoms with Gasteiger partial charge in [-0.05, 0) is 0 Å². The molecule has 160 valence electrons. The van der Waals surface area contributed by atoms with Crippen molar-refractivity contribution in [3.05, 3.63) is 68.3 Å². The van der Waals surface area contributed by atoms with Gasteiger partial charge in [0.1, 0.15) is 0 Å². The summed E-state index contributed by atoms with van der Waals surface area (Å²) < 4.78 is 21.2. The maximum Gasteiger partial charge on any atom is 0.222 e. The van der Waals surface area contributed by atoms with E-state index in [1.54, 1.807) is 45.3 Å². The Morgan fingerprint density at radius 1 is 0.552 bits per heavy atom. The minimum absolute atomic E-state index is 1.66. The molecule has 0 amide bonds. The van der Waals surface area contributed by atoms with E-state index in [0.29, 0.717) is 0 Å². The average Bonchev–Trinajstić information content (AvgIpc) is 3.51. The van der Waals surface area contributed by atoms with Gasteiger partial charge in [-0.2, -0.15) is 0 Å². The zero-order valence-electron chi connectivity index (χ0n) is 14.3. The summed E-state index contributed by atoms with van der Waals surface area (Å²) in [6.07, 6.45) is 7.57. The van der Waals surface area contributed by atoms with E-state index in [1.165, 1.54) is 0 Å². The number of phosphoric acid groups is 2. The Balaban J connectivity index is 0.000000345. The number of nitrogens with one attached hydrogen (secondary N) is 4. The molecule has 0 aliphatic rings. The van der Waals surface area contributed by atoms with E-state index in [2.05, 4.69) is 24.2 Å². The van der Waals surface area contributed by atoms with Crippen LogP contribution in [0.3, 0.4) is 0 Å². The molecule has 17 heteroatoms. The summed E-state index contributed by atoms with van der Waals surface area (Å²) in [7, 11) is -11.4. The van der Waals surface area contributed by atoms with Gasteiger partial charge in [-0.1, -0.05) is 45.3 Å². The van der Waals surface area contributed by atoms with Gasteiger partial charge in [0.25, 0.3) is 0 Å². The number of thiazole rings is 4. The Kier molecular flexibility index (Phi) is 16.9. The van der Waals surface area contributed by atoms with Crippen molar-refractivity contribution in [1.29, 1.82) is 0 Å². The minimum Gasteiger partial charge on any atom is -0.790 e. The van der Waals surface area contributed by atoms with Crippen molar-refractivity contribution in [2.24, 2.45) is 0 Å². The lowest BCUT2D eigenvalue weighted by Crippen LogP contribution is -2.23. The number of hydrogen-bond acceptors (Lipinski definition) is 11. The van der Waals surface area contributed by atoms with Crippen molar-refractivity contribution in [3.8, 4) is 0 Å². The van der Waals surface area contributed by atoms with Gasteiger partial charge >= 0.3 is 0 Å². The van der Waals surface area contributed by atoms with E-state index in [1.807, 2.05) is 68.3 Å². The standard InChI is InChI=1S/4C3H3NS.H4O7P2/c4*1-2-5-3-4-1;1-8(2,3)7-9(4,5)6/h4*1-3H;(H2,1,2,3)(H2,4,5,6). The van der Waals surface area contributed by atoms with Crippen molar-refractivity contribution in [3.63, 3.8) is 0 Å². The maximum absolute atomic E-state index is 9.32. The maximum atomic E-state index is 9.32. The number of H-pyrrole nitrogens is 4. The van der Waals surface area contributed by atoms with Crippen LogP contribution >= 0.6 is 61.0 Å². The van der Waals surface area contributed by atoms with Crippen LogP contribution in [0.15, 0.2) is 68.3 Å². The second kappa shape index (κ2) is 17.6. The van der Waals surface area contributed by atoms with Crippen molar-refractivity contribution in [1.82, 2.24) is 0 Å². The Hall–Kier alpha value is -1.22. The van der Waals surface area contributed by atoms with Crippen molar-refractivity contribution in [2.45, 2.75) is 0 Å². The van der Waals surface area contributed by atoms with Gasteiger partial charge in [-0.15, -0.1) is 0 Å². The summed E-state index contributed by atoms with van der Waals surface area (Å²) >= 11 is 6.63. The molecule has 4 aromatic rings. The third-order valence-electron chi connectivity index (χ3n) is 1.72. The first-order valence-corrected chi connectivity index (χ1v) is 13.7. The molecule has 0 saturated carbocycles. The molecule has 0 saturated heterocycles. The topological polar surface area (TPSA) is 192 Å². The first-order chi connectivity index (χ1) is 13.7. The molecule has 0 atom stereocenters. The Morgan fingerprint density at radius 2 is 0.793 bits per heavy atom. The molecular formula is C12H16N4O7P2S4. The molecule has 29 heavy (non-hydrogen) atoms. The van der Waals surface area contributed by atoms with Gasteiger partial charge in [0.2, 0.25) is 22.0 Å². The van der Waals surface area contributed by atoms with Crippen LogP contribution in [0.5, 0.6) is 0 Å². The Morgan fingerprint density at radius 3 is 0.828 bits per heavy atom. The van der Waals surface area contributed by atoms with E-state index in [-0.39, 0.29) is 0 Å². The van der Waals surface area contributed by atoms with Crippen LogP contribution in [0.4, 0.5) is 0 Å². The summed E-state index contributed by atoms with van der Waals surface area (Å²) in [5, 5.41) is 7.94. The third kappa shape index (κ3) is 26.8. The summed E-state index contributed by atoms with van der Waals surface area (Å²) in [4.78, 5) is 48.8. The van der Waals surface area contributed by atoms with Crippen LogP contribution in [-0.2, 0) is 13.4 Å². The number of hydrogen-bond donors (Lipinski definition) is 0. The molecule has 0 aromatic carbocycles. The molecule has 4 aromatic heterocycles. The second-order valence-electron chi connectivity index (χ2n) is 3.87. The molecule has 0 unspecified atom stereocenters. The zero-order chi connectivity index (χ0) is 21.8. The van der Waals surface area contributed by atoms with Crippen molar-refractivity contribution in [2.75, 3.05) is 0 Å². The average molecular weight is 518 g/mol. The summed E-state index contributed by atoms with van der Waals surface area (Å²) in [5.41, 5.74) is 7.67. The molecule has 4 rings (SSSR count). The lowest BCUT2D eigenvalue weighted by molar-refractivity contribution is -0.370. The third-order valence-corrected chi connectivity index (χ3v) is 5.58. The highest BCUT2D eigenvalue weighted by Crippen LogP contribution is 2.42. The van der Waals surface area contributed by atoms with Gasteiger partial charge in [0.05, 0.1) is 37.2 Å². The van der Waals surface area contributed by atoms with Crippen LogP contribution in [0.25, 0.3) is 0 Å². The van der Waals surface area contributed by atoms with Gasteiger partial charge in [-0.25, -0.2) is 19.9 Å².